The molecule has 1 aliphatic rings. The molecule has 0 bridgehead atoms. The van der Waals surface area contributed by atoms with Crippen molar-refractivity contribution < 1.29 is 14.3 Å². The van der Waals surface area contributed by atoms with Crippen molar-refractivity contribution in [3.8, 4) is 5.75 Å². The SMILES string of the molecule is COc1ccc(NN2C(=O)C(=O)C(C)=C2c2ccccc2)c(C)c1. The molecule has 1 heterocycles. The number of nitrogens with one attached hydrogen (secondary N) is 1. The lowest BCUT2D eigenvalue weighted by Crippen LogP contribution is -2.34. The average molecular weight is 322 g/mol. The van der Waals surface area contributed by atoms with Gasteiger partial charge in [0, 0.05) is 11.1 Å². The Hall–Kier alpha value is -3.08. The third kappa shape index (κ3) is 2.65. The van der Waals surface area contributed by atoms with Gasteiger partial charge >= 0.3 is 5.91 Å². The number of aryl methyl sites for hydroxylation is 1. The van der Waals surface area contributed by atoms with Gasteiger partial charge in [-0.25, -0.2) is 5.01 Å². The lowest BCUT2D eigenvalue weighted by Gasteiger charge is -2.23. The number of ketones is 1. The number of hydrazine groups is 1. The molecule has 1 amide bonds. The second kappa shape index (κ2) is 6.20. The number of ether oxygens (including phenoxy) is 1. The second-order valence-corrected chi connectivity index (χ2v) is 5.60. The van der Waals surface area contributed by atoms with Gasteiger partial charge in [-0.05, 0) is 37.6 Å². The van der Waals surface area contributed by atoms with Crippen molar-refractivity contribution in [1.82, 2.24) is 5.01 Å². The van der Waals surface area contributed by atoms with Crippen LogP contribution in [0.25, 0.3) is 5.70 Å². The van der Waals surface area contributed by atoms with Crippen molar-refractivity contribution in [1.29, 1.82) is 0 Å². The van der Waals surface area contributed by atoms with Crippen molar-refractivity contribution >= 4 is 23.1 Å². The van der Waals surface area contributed by atoms with E-state index < -0.39 is 11.7 Å². The number of Topliss-reactive ketones (excluding diaryl/α,β-unsaturated/α-hetero) is 1. The minimum Gasteiger partial charge on any atom is -0.497 e. The molecule has 0 aromatic heterocycles. The summed E-state index contributed by atoms with van der Waals surface area (Å²) in [5.74, 6) is -0.342. The Morgan fingerprint density at radius 2 is 1.71 bits per heavy atom. The maximum Gasteiger partial charge on any atom is 0.317 e. The fourth-order valence-corrected chi connectivity index (χ4v) is 2.70. The topological polar surface area (TPSA) is 58.6 Å². The number of amides is 1. The summed E-state index contributed by atoms with van der Waals surface area (Å²) in [5, 5.41) is 1.32. The van der Waals surface area contributed by atoms with E-state index in [1.807, 2.05) is 49.4 Å². The molecular formula is C19H18N2O3. The molecule has 1 N–H and O–H groups in total. The van der Waals surface area contributed by atoms with Gasteiger partial charge in [0.2, 0.25) is 5.78 Å². The summed E-state index contributed by atoms with van der Waals surface area (Å²) in [4.78, 5) is 24.6. The number of hydrogen-bond acceptors (Lipinski definition) is 4. The molecule has 0 saturated heterocycles. The predicted octanol–water partition coefficient (Wildman–Crippen LogP) is 3.17. The number of anilines is 1. The average Bonchev–Trinajstić information content (AvgIpc) is 2.81. The summed E-state index contributed by atoms with van der Waals surface area (Å²) in [5.41, 5.74) is 6.55. The molecule has 1 aliphatic heterocycles. The van der Waals surface area contributed by atoms with Gasteiger partial charge in [-0.1, -0.05) is 30.3 Å². The highest BCUT2D eigenvalue weighted by molar-refractivity contribution is 6.48. The Bertz CT molecular complexity index is 841. The van der Waals surface area contributed by atoms with E-state index in [-0.39, 0.29) is 0 Å². The van der Waals surface area contributed by atoms with E-state index in [1.54, 1.807) is 20.1 Å². The van der Waals surface area contributed by atoms with Gasteiger partial charge in [0.15, 0.2) is 0 Å². The first kappa shape index (κ1) is 15.8. The van der Waals surface area contributed by atoms with Crippen LogP contribution in [0, 0.1) is 6.92 Å². The normalized spacial score (nSPS) is 14.4. The van der Waals surface area contributed by atoms with E-state index in [2.05, 4.69) is 5.43 Å². The molecular weight excluding hydrogens is 304 g/mol. The summed E-state index contributed by atoms with van der Waals surface area (Å²) in [6, 6.07) is 14.9. The van der Waals surface area contributed by atoms with Crippen LogP contribution in [-0.4, -0.2) is 23.8 Å². The van der Waals surface area contributed by atoms with Gasteiger partial charge in [0.05, 0.1) is 18.5 Å². The van der Waals surface area contributed by atoms with E-state index in [9.17, 15) is 9.59 Å². The first-order chi connectivity index (χ1) is 11.5. The van der Waals surface area contributed by atoms with Crippen LogP contribution in [-0.2, 0) is 9.59 Å². The maximum absolute atomic E-state index is 12.4. The Balaban J connectivity index is 2.00. The number of methoxy groups -OCH3 is 1. The van der Waals surface area contributed by atoms with Gasteiger partial charge in [-0.2, -0.15) is 0 Å². The number of nitrogens with zero attached hydrogens (tertiary/aromatic N) is 1. The van der Waals surface area contributed by atoms with Crippen LogP contribution in [0.3, 0.4) is 0 Å². The van der Waals surface area contributed by atoms with Crippen LogP contribution in [0.2, 0.25) is 0 Å². The van der Waals surface area contributed by atoms with Crippen LogP contribution in [0.4, 0.5) is 5.69 Å². The van der Waals surface area contributed by atoms with Crippen molar-refractivity contribution in [3.63, 3.8) is 0 Å². The van der Waals surface area contributed by atoms with Gasteiger partial charge in [-0.3, -0.25) is 15.0 Å². The van der Waals surface area contributed by atoms with Crippen molar-refractivity contribution in [2.45, 2.75) is 13.8 Å². The fourth-order valence-electron chi connectivity index (χ4n) is 2.70. The summed E-state index contributed by atoms with van der Waals surface area (Å²) in [6.45, 7) is 3.58. The third-order valence-electron chi connectivity index (χ3n) is 4.03. The van der Waals surface area contributed by atoms with E-state index in [1.165, 1.54) is 5.01 Å². The molecule has 5 heteroatoms. The molecule has 0 spiro atoms. The molecule has 2 aromatic rings. The summed E-state index contributed by atoms with van der Waals surface area (Å²) in [6.07, 6.45) is 0. The highest BCUT2D eigenvalue weighted by Crippen LogP contribution is 2.31. The number of benzene rings is 2. The number of hydrogen-bond donors (Lipinski definition) is 1. The van der Waals surface area contributed by atoms with Crippen LogP contribution >= 0.6 is 0 Å². The second-order valence-electron chi connectivity index (χ2n) is 5.60. The van der Waals surface area contributed by atoms with Gasteiger partial charge in [0.1, 0.15) is 5.75 Å². The first-order valence-corrected chi connectivity index (χ1v) is 7.59. The highest BCUT2D eigenvalue weighted by atomic mass is 16.5. The zero-order valence-corrected chi connectivity index (χ0v) is 13.8. The van der Waals surface area contributed by atoms with Gasteiger partial charge < -0.3 is 4.74 Å². The maximum atomic E-state index is 12.4. The van der Waals surface area contributed by atoms with Gasteiger partial charge in [0.25, 0.3) is 0 Å². The van der Waals surface area contributed by atoms with Crippen LogP contribution < -0.4 is 10.2 Å². The van der Waals surface area contributed by atoms with Crippen molar-refractivity contribution in [2.24, 2.45) is 0 Å². The van der Waals surface area contributed by atoms with Crippen molar-refractivity contribution in [3.05, 3.63) is 65.2 Å². The summed E-state index contributed by atoms with van der Waals surface area (Å²) in [7, 11) is 1.60. The standard InChI is InChI=1S/C19H18N2O3/c1-12-11-15(24-3)9-10-16(12)20-21-17(13(2)18(22)19(21)23)14-7-5-4-6-8-14/h4-11,20H,1-3H3. The molecule has 0 aliphatic carbocycles. The molecule has 0 unspecified atom stereocenters. The Morgan fingerprint density at radius 3 is 2.33 bits per heavy atom. The zero-order valence-electron chi connectivity index (χ0n) is 13.8. The lowest BCUT2D eigenvalue weighted by atomic mass is 10.1. The number of carbonyl (C=O) groups is 2. The molecule has 0 radical (unpaired) electrons. The van der Waals surface area contributed by atoms with Gasteiger partial charge in [-0.15, -0.1) is 0 Å². The minimum atomic E-state index is -0.582. The zero-order chi connectivity index (χ0) is 17.3. The monoisotopic (exact) mass is 322 g/mol. The minimum absolute atomic E-state index is 0.435. The lowest BCUT2D eigenvalue weighted by molar-refractivity contribution is -0.138. The van der Waals surface area contributed by atoms with E-state index >= 15 is 0 Å². The number of rotatable bonds is 4. The molecule has 3 rings (SSSR count). The summed E-state index contributed by atoms with van der Waals surface area (Å²) >= 11 is 0. The predicted molar refractivity (Wildman–Crippen MR) is 92.2 cm³/mol. The smallest absolute Gasteiger partial charge is 0.317 e. The quantitative estimate of drug-likeness (QED) is 0.879. The van der Waals surface area contributed by atoms with E-state index in [0.29, 0.717) is 11.3 Å². The molecule has 0 atom stereocenters. The van der Waals surface area contributed by atoms with E-state index in [4.69, 9.17) is 4.74 Å². The van der Waals surface area contributed by atoms with Crippen molar-refractivity contribution in [2.75, 3.05) is 12.5 Å². The highest BCUT2D eigenvalue weighted by Gasteiger charge is 2.37. The van der Waals surface area contributed by atoms with Crippen LogP contribution in [0.1, 0.15) is 18.1 Å². The molecule has 0 saturated carbocycles. The fraction of sp³-hybridized carbons (Fsp3) is 0.158. The molecule has 0 fully saturated rings. The van der Waals surface area contributed by atoms with Crippen LogP contribution in [0.15, 0.2) is 54.1 Å². The Morgan fingerprint density at radius 1 is 1.00 bits per heavy atom. The molecule has 24 heavy (non-hydrogen) atoms. The molecule has 122 valence electrons. The Kier molecular flexibility index (Phi) is 4.08. The Labute approximate surface area is 140 Å². The largest absolute Gasteiger partial charge is 0.497 e. The van der Waals surface area contributed by atoms with E-state index in [0.717, 1.165) is 22.6 Å². The molecule has 5 nitrogen and oxygen atoms in total. The summed E-state index contributed by atoms with van der Waals surface area (Å²) < 4.78 is 5.19. The van der Waals surface area contributed by atoms with Crippen LogP contribution in [0.5, 0.6) is 5.75 Å². The third-order valence-corrected chi connectivity index (χ3v) is 4.03. The molecule has 2 aromatic carbocycles. The first-order valence-electron chi connectivity index (χ1n) is 7.59. The number of carbonyl (C=O) groups excluding carboxylic acids is 2.